The summed E-state index contributed by atoms with van der Waals surface area (Å²) in [4.78, 5) is 6.79. The molecule has 0 atom stereocenters. The Bertz CT molecular complexity index is 822. The topological polar surface area (TPSA) is 48.9 Å². The first kappa shape index (κ1) is 21.2. The van der Waals surface area contributed by atoms with Gasteiger partial charge >= 0.3 is 0 Å². The summed E-state index contributed by atoms with van der Waals surface area (Å²) in [6.45, 7) is 7.59. The predicted octanol–water partition coefficient (Wildman–Crippen LogP) is 3.05. The van der Waals surface area contributed by atoms with Crippen molar-refractivity contribution in [2.75, 3.05) is 32.8 Å². The van der Waals surface area contributed by atoms with E-state index in [2.05, 4.69) is 32.7 Å². The van der Waals surface area contributed by atoms with Gasteiger partial charge < -0.3 is 15.4 Å². The molecule has 2 aromatic rings. The molecule has 0 aromatic heterocycles. The molecule has 1 aliphatic heterocycles. The summed E-state index contributed by atoms with van der Waals surface area (Å²) < 4.78 is 32.6. The SMILES string of the molecule is CCNC(=NCc1cc(F)ccc1F)NCc1ccccc1CN1CCOCC1. The fourth-order valence-corrected chi connectivity index (χ4v) is 3.23. The van der Waals surface area contributed by atoms with E-state index in [1.165, 1.54) is 17.2 Å². The molecule has 0 unspecified atom stereocenters. The first-order chi connectivity index (χ1) is 14.2. The Hall–Kier alpha value is -2.51. The van der Waals surface area contributed by atoms with Gasteiger partial charge in [-0.1, -0.05) is 24.3 Å². The third-order valence-electron chi connectivity index (χ3n) is 4.82. The maximum absolute atomic E-state index is 13.8. The van der Waals surface area contributed by atoms with E-state index in [-0.39, 0.29) is 12.1 Å². The first-order valence-corrected chi connectivity index (χ1v) is 9.98. The number of aliphatic imine (C=N–C) groups is 1. The van der Waals surface area contributed by atoms with E-state index in [9.17, 15) is 8.78 Å². The number of ether oxygens (including phenoxy) is 1. The Morgan fingerprint density at radius 2 is 1.79 bits per heavy atom. The average molecular weight is 402 g/mol. The van der Waals surface area contributed by atoms with Crippen LogP contribution in [0, 0.1) is 11.6 Å². The van der Waals surface area contributed by atoms with Crippen molar-refractivity contribution in [1.29, 1.82) is 0 Å². The van der Waals surface area contributed by atoms with Crippen molar-refractivity contribution >= 4 is 5.96 Å². The van der Waals surface area contributed by atoms with Gasteiger partial charge in [-0.25, -0.2) is 13.8 Å². The molecule has 1 aliphatic rings. The molecule has 2 N–H and O–H groups in total. The molecule has 0 amide bonds. The van der Waals surface area contributed by atoms with Crippen LogP contribution in [-0.4, -0.2) is 43.7 Å². The minimum Gasteiger partial charge on any atom is -0.379 e. The highest BCUT2D eigenvalue weighted by molar-refractivity contribution is 5.79. The van der Waals surface area contributed by atoms with Crippen LogP contribution in [0.3, 0.4) is 0 Å². The molecule has 1 heterocycles. The molecule has 0 aliphatic carbocycles. The number of hydrogen-bond donors (Lipinski definition) is 2. The van der Waals surface area contributed by atoms with E-state index in [0.717, 1.165) is 45.0 Å². The molecule has 1 saturated heterocycles. The Balaban J connectivity index is 1.64. The second kappa shape index (κ2) is 10.9. The molecule has 1 fully saturated rings. The van der Waals surface area contributed by atoms with E-state index in [0.29, 0.717) is 19.0 Å². The van der Waals surface area contributed by atoms with Gasteiger partial charge in [0.2, 0.25) is 0 Å². The summed E-state index contributed by atoms with van der Waals surface area (Å²) in [6, 6.07) is 11.7. The summed E-state index contributed by atoms with van der Waals surface area (Å²) in [6.07, 6.45) is 0. The monoisotopic (exact) mass is 402 g/mol. The van der Waals surface area contributed by atoms with E-state index in [1.54, 1.807) is 0 Å². The average Bonchev–Trinajstić information content (AvgIpc) is 2.74. The highest BCUT2D eigenvalue weighted by atomic mass is 19.1. The predicted molar refractivity (Wildman–Crippen MR) is 111 cm³/mol. The molecule has 2 aromatic carbocycles. The van der Waals surface area contributed by atoms with Gasteiger partial charge in [-0.05, 0) is 36.2 Å². The number of morpholine rings is 1. The van der Waals surface area contributed by atoms with Gasteiger partial charge in [0.25, 0.3) is 0 Å². The fraction of sp³-hybridized carbons (Fsp3) is 0.409. The van der Waals surface area contributed by atoms with E-state index < -0.39 is 11.6 Å². The molecular weight excluding hydrogens is 374 g/mol. The standard InChI is InChI=1S/C22H28F2N4O/c1-2-25-22(27-15-19-13-20(23)7-8-21(19)24)26-14-17-5-3-4-6-18(17)16-28-9-11-29-12-10-28/h3-8,13H,2,9-12,14-16H2,1H3,(H2,25,26,27). The number of nitrogens with zero attached hydrogens (tertiary/aromatic N) is 2. The highest BCUT2D eigenvalue weighted by Crippen LogP contribution is 2.13. The van der Waals surface area contributed by atoms with E-state index in [1.807, 2.05) is 19.1 Å². The quantitative estimate of drug-likeness (QED) is 0.552. The van der Waals surface area contributed by atoms with Gasteiger partial charge in [0.05, 0.1) is 19.8 Å². The summed E-state index contributed by atoms with van der Waals surface area (Å²) in [5.74, 6) is -0.356. The Morgan fingerprint density at radius 1 is 1.03 bits per heavy atom. The Morgan fingerprint density at radius 3 is 2.55 bits per heavy atom. The van der Waals surface area contributed by atoms with E-state index >= 15 is 0 Å². The molecule has 5 nitrogen and oxygen atoms in total. The van der Waals surface area contributed by atoms with Gasteiger partial charge in [-0.2, -0.15) is 0 Å². The maximum Gasteiger partial charge on any atom is 0.191 e. The minimum atomic E-state index is -0.466. The van der Waals surface area contributed by atoms with Crippen LogP contribution in [0.5, 0.6) is 0 Å². The summed E-state index contributed by atoms with van der Waals surface area (Å²) >= 11 is 0. The van der Waals surface area contributed by atoms with Gasteiger partial charge in [-0.3, -0.25) is 4.90 Å². The summed E-state index contributed by atoms with van der Waals surface area (Å²) in [5, 5.41) is 6.45. The van der Waals surface area contributed by atoms with Crippen molar-refractivity contribution < 1.29 is 13.5 Å². The van der Waals surface area contributed by atoms with Crippen LogP contribution in [0.2, 0.25) is 0 Å². The normalized spacial score (nSPS) is 15.3. The van der Waals surface area contributed by atoms with Crippen molar-refractivity contribution in [1.82, 2.24) is 15.5 Å². The maximum atomic E-state index is 13.8. The lowest BCUT2D eigenvalue weighted by Crippen LogP contribution is -2.38. The molecule has 3 rings (SSSR count). The van der Waals surface area contributed by atoms with Crippen LogP contribution in [-0.2, 0) is 24.4 Å². The van der Waals surface area contributed by atoms with E-state index in [4.69, 9.17) is 4.74 Å². The first-order valence-electron chi connectivity index (χ1n) is 9.98. The molecule has 7 heteroatoms. The largest absolute Gasteiger partial charge is 0.379 e. The van der Waals surface area contributed by atoms with Crippen molar-refractivity contribution in [3.8, 4) is 0 Å². The highest BCUT2D eigenvalue weighted by Gasteiger charge is 2.13. The molecule has 0 radical (unpaired) electrons. The number of rotatable bonds is 7. The van der Waals surface area contributed by atoms with Crippen LogP contribution in [0.15, 0.2) is 47.5 Å². The van der Waals surface area contributed by atoms with Crippen LogP contribution in [0.4, 0.5) is 8.78 Å². The summed E-state index contributed by atoms with van der Waals surface area (Å²) in [7, 11) is 0. The van der Waals surface area contributed by atoms with Crippen molar-refractivity contribution in [3.63, 3.8) is 0 Å². The van der Waals surface area contributed by atoms with Crippen molar-refractivity contribution in [3.05, 3.63) is 70.8 Å². The zero-order valence-electron chi connectivity index (χ0n) is 16.8. The van der Waals surface area contributed by atoms with Gasteiger partial charge in [0.1, 0.15) is 11.6 Å². The van der Waals surface area contributed by atoms with Crippen LogP contribution in [0.1, 0.15) is 23.6 Å². The third kappa shape index (κ3) is 6.51. The van der Waals surface area contributed by atoms with Gasteiger partial charge in [0.15, 0.2) is 5.96 Å². The second-order valence-electron chi connectivity index (χ2n) is 6.94. The zero-order chi connectivity index (χ0) is 20.5. The number of guanidine groups is 1. The smallest absolute Gasteiger partial charge is 0.191 e. The lowest BCUT2D eigenvalue weighted by atomic mass is 10.1. The van der Waals surface area contributed by atoms with Crippen molar-refractivity contribution in [2.45, 2.75) is 26.6 Å². The number of hydrogen-bond acceptors (Lipinski definition) is 3. The zero-order valence-corrected chi connectivity index (χ0v) is 16.8. The van der Waals surface area contributed by atoms with Crippen molar-refractivity contribution in [2.24, 2.45) is 4.99 Å². The van der Waals surface area contributed by atoms with Gasteiger partial charge in [-0.15, -0.1) is 0 Å². The van der Waals surface area contributed by atoms with Crippen LogP contribution < -0.4 is 10.6 Å². The molecular formula is C22H28F2N4O. The number of halogens is 2. The molecule has 0 saturated carbocycles. The van der Waals surface area contributed by atoms with Gasteiger partial charge in [0, 0.05) is 38.3 Å². The molecule has 0 spiro atoms. The lowest BCUT2D eigenvalue weighted by molar-refractivity contribution is 0.0341. The minimum absolute atomic E-state index is 0.0638. The Kier molecular flexibility index (Phi) is 7.95. The van der Waals surface area contributed by atoms with Crippen LogP contribution >= 0.6 is 0 Å². The molecule has 156 valence electrons. The second-order valence-corrected chi connectivity index (χ2v) is 6.94. The number of nitrogens with one attached hydrogen (secondary N) is 2. The third-order valence-corrected chi connectivity index (χ3v) is 4.82. The summed E-state index contributed by atoms with van der Waals surface area (Å²) in [5.41, 5.74) is 2.67. The van der Waals surface area contributed by atoms with Crippen LogP contribution in [0.25, 0.3) is 0 Å². The lowest BCUT2D eigenvalue weighted by Gasteiger charge is -2.27. The fourth-order valence-electron chi connectivity index (χ4n) is 3.23. The molecule has 29 heavy (non-hydrogen) atoms. The molecule has 0 bridgehead atoms. The Labute approximate surface area is 170 Å². The number of benzene rings is 2.